The number of hydrogen-bond donors (Lipinski definition) is 2. The van der Waals surface area contributed by atoms with Crippen LogP contribution in [0.15, 0.2) is 30.9 Å². The molecule has 0 aliphatic rings. The van der Waals surface area contributed by atoms with E-state index in [1.54, 1.807) is 0 Å². The molecule has 0 aliphatic carbocycles. The van der Waals surface area contributed by atoms with E-state index in [1.165, 1.54) is 16.7 Å². The van der Waals surface area contributed by atoms with Crippen molar-refractivity contribution in [3.63, 3.8) is 0 Å². The molecular weight excluding hydrogens is 172 g/mol. The highest BCUT2D eigenvalue weighted by Crippen LogP contribution is 2.22. The summed E-state index contributed by atoms with van der Waals surface area (Å²) >= 11 is 0. The highest BCUT2D eigenvalue weighted by molar-refractivity contribution is 5.35. The smallest absolute Gasteiger partial charge is 0.0496 e. The second-order valence-corrected chi connectivity index (χ2v) is 3.53. The molecule has 1 unspecified atom stereocenters. The predicted octanol–water partition coefficient (Wildman–Crippen LogP) is 2.38. The van der Waals surface area contributed by atoms with Gasteiger partial charge in [-0.1, -0.05) is 24.3 Å². The highest BCUT2D eigenvalue weighted by Gasteiger charge is 2.10. The fourth-order valence-corrected chi connectivity index (χ4v) is 1.60. The minimum Gasteiger partial charge on any atom is -0.271 e. The van der Waals surface area contributed by atoms with Crippen LogP contribution in [0.2, 0.25) is 0 Å². The summed E-state index contributed by atoms with van der Waals surface area (Å²) in [7, 11) is 0. The molecular formula is C12H18N2. The maximum absolute atomic E-state index is 5.51. The molecule has 14 heavy (non-hydrogen) atoms. The third-order valence-electron chi connectivity index (χ3n) is 2.63. The highest BCUT2D eigenvalue weighted by atomic mass is 15.2. The molecule has 3 N–H and O–H groups in total. The molecule has 0 heterocycles. The van der Waals surface area contributed by atoms with Crippen molar-refractivity contribution in [1.82, 2.24) is 5.43 Å². The lowest BCUT2D eigenvalue weighted by Crippen LogP contribution is -2.28. The van der Waals surface area contributed by atoms with Gasteiger partial charge in [-0.2, -0.15) is 0 Å². The Morgan fingerprint density at radius 3 is 2.79 bits per heavy atom. The first kappa shape index (κ1) is 11.0. The lowest BCUT2D eigenvalue weighted by atomic mass is 9.96. The van der Waals surface area contributed by atoms with Gasteiger partial charge in [0.1, 0.15) is 0 Å². The first-order chi connectivity index (χ1) is 6.70. The van der Waals surface area contributed by atoms with E-state index >= 15 is 0 Å². The number of benzene rings is 1. The molecule has 0 spiro atoms. The molecule has 0 aliphatic heterocycles. The van der Waals surface area contributed by atoms with Crippen LogP contribution in [0.1, 0.15) is 29.2 Å². The number of nitrogens with two attached hydrogens (primary N) is 1. The molecule has 0 saturated heterocycles. The molecule has 2 nitrogen and oxygen atoms in total. The Labute approximate surface area is 85.8 Å². The molecule has 1 aromatic rings. The zero-order valence-corrected chi connectivity index (χ0v) is 8.88. The van der Waals surface area contributed by atoms with Crippen molar-refractivity contribution in [2.24, 2.45) is 5.84 Å². The summed E-state index contributed by atoms with van der Waals surface area (Å²) in [6.45, 7) is 7.97. The summed E-state index contributed by atoms with van der Waals surface area (Å²) in [5.41, 5.74) is 6.67. The van der Waals surface area contributed by atoms with Crippen LogP contribution in [-0.2, 0) is 0 Å². The number of hydrogen-bond acceptors (Lipinski definition) is 2. The summed E-state index contributed by atoms with van der Waals surface area (Å²) in [5.74, 6) is 5.51. The molecule has 0 aromatic heterocycles. The van der Waals surface area contributed by atoms with Gasteiger partial charge in [0, 0.05) is 6.04 Å². The van der Waals surface area contributed by atoms with Crippen molar-refractivity contribution in [1.29, 1.82) is 0 Å². The average molecular weight is 190 g/mol. The molecule has 1 atom stereocenters. The fraction of sp³-hybridized carbons (Fsp3) is 0.333. The maximum Gasteiger partial charge on any atom is 0.0496 e. The van der Waals surface area contributed by atoms with Crippen molar-refractivity contribution in [2.45, 2.75) is 26.3 Å². The van der Waals surface area contributed by atoms with Crippen LogP contribution >= 0.6 is 0 Å². The molecule has 0 amide bonds. The summed E-state index contributed by atoms with van der Waals surface area (Å²) in [5, 5.41) is 0. The first-order valence-corrected chi connectivity index (χ1v) is 4.83. The molecule has 1 rings (SSSR count). The topological polar surface area (TPSA) is 38.0 Å². The van der Waals surface area contributed by atoms with Gasteiger partial charge >= 0.3 is 0 Å². The Morgan fingerprint density at radius 2 is 2.21 bits per heavy atom. The van der Waals surface area contributed by atoms with Gasteiger partial charge in [-0.3, -0.25) is 11.3 Å². The van der Waals surface area contributed by atoms with Crippen LogP contribution in [0.4, 0.5) is 0 Å². The molecule has 0 fully saturated rings. The maximum atomic E-state index is 5.51. The van der Waals surface area contributed by atoms with Crippen LogP contribution < -0.4 is 11.3 Å². The van der Waals surface area contributed by atoms with Gasteiger partial charge in [0.05, 0.1) is 0 Å². The van der Waals surface area contributed by atoms with E-state index in [1.807, 2.05) is 6.08 Å². The third kappa shape index (κ3) is 2.22. The lowest BCUT2D eigenvalue weighted by molar-refractivity contribution is 0.558. The van der Waals surface area contributed by atoms with Gasteiger partial charge in [-0.25, -0.2) is 0 Å². The molecule has 1 aromatic carbocycles. The molecule has 0 bridgehead atoms. The quantitative estimate of drug-likeness (QED) is 0.434. The SMILES string of the molecule is C=CCC(NN)c1cccc(C)c1C. The van der Waals surface area contributed by atoms with Crippen LogP contribution in [-0.4, -0.2) is 0 Å². The molecule has 2 heteroatoms. The molecule has 0 saturated carbocycles. The second kappa shape index (κ2) is 4.94. The van der Waals surface area contributed by atoms with Crippen LogP contribution in [0.25, 0.3) is 0 Å². The number of aryl methyl sites for hydroxylation is 1. The Balaban J connectivity index is 3.03. The van der Waals surface area contributed by atoms with E-state index in [0.717, 1.165) is 6.42 Å². The zero-order chi connectivity index (χ0) is 10.6. The summed E-state index contributed by atoms with van der Waals surface area (Å²) < 4.78 is 0. The lowest BCUT2D eigenvalue weighted by Gasteiger charge is -2.17. The van der Waals surface area contributed by atoms with E-state index in [-0.39, 0.29) is 6.04 Å². The fourth-order valence-electron chi connectivity index (χ4n) is 1.60. The minimum atomic E-state index is 0.174. The Hall–Kier alpha value is -1.12. The Kier molecular flexibility index (Phi) is 3.86. The van der Waals surface area contributed by atoms with Crippen molar-refractivity contribution < 1.29 is 0 Å². The first-order valence-electron chi connectivity index (χ1n) is 4.83. The van der Waals surface area contributed by atoms with Gasteiger partial charge in [-0.05, 0) is 37.0 Å². The number of rotatable bonds is 4. The van der Waals surface area contributed by atoms with Crippen molar-refractivity contribution in [3.8, 4) is 0 Å². The molecule has 0 radical (unpaired) electrons. The van der Waals surface area contributed by atoms with Crippen molar-refractivity contribution >= 4 is 0 Å². The zero-order valence-electron chi connectivity index (χ0n) is 8.88. The monoisotopic (exact) mass is 190 g/mol. The van der Waals surface area contributed by atoms with Crippen molar-refractivity contribution in [3.05, 3.63) is 47.5 Å². The minimum absolute atomic E-state index is 0.174. The summed E-state index contributed by atoms with van der Waals surface area (Å²) in [6, 6.07) is 6.45. The Bertz CT molecular complexity index is 318. The van der Waals surface area contributed by atoms with E-state index in [2.05, 4.69) is 44.1 Å². The largest absolute Gasteiger partial charge is 0.271 e. The van der Waals surface area contributed by atoms with Crippen LogP contribution in [0.3, 0.4) is 0 Å². The summed E-state index contributed by atoms with van der Waals surface area (Å²) in [4.78, 5) is 0. The van der Waals surface area contributed by atoms with Gasteiger partial charge in [0.25, 0.3) is 0 Å². The normalized spacial score (nSPS) is 12.5. The Morgan fingerprint density at radius 1 is 1.50 bits per heavy atom. The number of nitrogens with one attached hydrogen (secondary N) is 1. The van der Waals surface area contributed by atoms with Gasteiger partial charge in [0.2, 0.25) is 0 Å². The second-order valence-electron chi connectivity index (χ2n) is 3.53. The van der Waals surface area contributed by atoms with E-state index in [9.17, 15) is 0 Å². The van der Waals surface area contributed by atoms with Gasteiger partial charge < -0.3 is 0 Å². The standard InChI is InChI=1S/C12H18N2/c1-4-6-12(14-13)11-8-5-7-9(2)10(11)3/h4-5,7-8,12,14H,1,6,13H2,2-3H3. The molecule has 76 valence electrons. The van der Waals surface area contributed by atoms with Gasteiger partial charge in [0.15, 0.2) is 0 Å². The number of hydrazine groups is 1. The predicted molar refractivity (Wildman–Crippen MR) is 60.8 cm³/mol. The summed E-state index contributed by atoms with van der Waals surface area (Å²) in [6.07, 6.45) is 2.73. The van der Waals surface area contributed by atoms with Gasteiger partial charge in [-0.15, -0.1) is 6.58 Å². The van der Waals surface area contributed by atoms with Crippen molar-refractivity contribution in [2.75, 3.05) is 0 Å². The van der Waals surface area contributed by atoms with Crippen LogP contribution in [0, 0.1) is 13.8 Å². The van der Waals surface area contributed by atoms with E-state index < -0.39 is 0 Å². The average Bonchev–Trinajstić information content (AvgIpc) is 2.19. The van der Waals surface area contributed by atoms with Crippen LogP contribution in [0.5, 0.6) is 0 Å². The van der Waals surface area contributed by atoms with E-state index in [0.29, 0.717) is 0 Å². The van der Waals surface area contributed by atoms with E-state index in [4.69, 9.17) is 5.84 Å². The third-order valence-corrected chi connectivity index (χ3v) is 2.63.